The summed E-state index contributed by atoms with van der Waals surface area (Å²) in [6.07, 6.45) is 7.63. The third-order valence-electron chi connectivity index (χ3n) is 4.47. The Hall–Kier alpha value is -0.600. The molecular weight excluding hydrogens is 286 g/mol. The molecule has 2 bridgehead atoms. The van der Waals surface area contributed by atoms with Crippen LogP contribution in [0.3, 0.4) is 0 Å². The summed E-state index contributed by atoms with van der Waals surface area (Å²) >= 11 is 3.63. The number of allylic oxidation sites excluding steroid dienone is 2. The summed E-state index contributed by atoms with van der Waals surface area (Å²) in [5, 5.41) is 3.70. The highest BCUT2D eigenvalue weighted by Crippen LogP contribution is 2.43. The van der Waals surface area contributed by atoms with E-state index >= 15 is 0 Å². The molecule has 3 unspecified atom stereocenters. The molecule has 18 heavy (non-hydrogen) atoms. The lowest BCUT2D eigenvalue weighted by atomic mass is 9.93. The van der Waals surface area contributed by atoms with Gasteiger partial charge >= 0.3 is 0 Å². The van der Waals surface area contributed by atoms with Crippen molar-refractivity contribution in [3.8, 4) is 0 Å². The Morgan fingerprint density at radius 3 is 2.78 bits per heavy atom. The van der Waals surface area contributed by atoms with E-state index in [4.69, 9.17) is 0 Å². The minimum absolute atomic E-state index is 0.420. The van der Waals surface area contributed by atoms with E-state index in [1.54, 1.807) is 0 Å². The second-order valence-electron chi connectivity index (χ2n) is 5.69. The van der Waals surface area contributed by atoms with Gasteiger partial charge in [0.1, 0.15) is 0 Å². The minimum atomic E-state index is 0.420. The lowest BCUT2D eigenvalue weighted by molar-refractivity contribution is 0.393. The fourth-order valence-corrected chi connectivity index (χ4v) is 4.02. The van der Waals surface area contributed by atoms with E-state index in [0.29, 0.717) is 6.04 Å². The van der Waals surface area contributed by atoms with Crippen molar-refractivity contribution in [2.75, 3.05) is 6.54 Å². The van der Waals surface area contributed by atoms with Crippen molar-refractivity contribution in [1.29, 1.82) is 0 Å². The van der Waals surface area contributed by atoms with Crippen molar-refractivity contribution in [3.63, 3.8) is 0 Å². The van der Waals surface area contributed by atoms with Gasteiger partial charge in [0.2, 0.25) is 0 Å². The molecule has 1 fully saturated rings. The smallest absolute Gasteiger partial charge is 0.0303 e. The number of fused-ring (bicyclic) bond motifs is 2. The third kappa shape index (κ3) is 2.41. The van der Waals surface area contributed by atoms with Crippen LogP contribution in [-0.4, -0.2) is 6.54 Å². The van der Waals surface area contributed by atoms with Gasteiger partial charge in [-0.25, -0.2) is 0 Å². The zero-order valence-electron chi connectivity index (χ0n) is 10.8. The van der Waals surface area contributed by atoms with Gasteiger partial charge in [-0.05, 0) is 55.7 Å². The topological polar surface area (TPSA) is 12.0 Å². The molecule has 2 heteroatoms. The molecule has 0 amide bonds. The summed E-state index contributed by atoms with van der Waals surface area (Å²) in [6.45, 7) is 3.40. The summed E-state index contributed by atoms with van der Waals surface area (Å²) in [6, 6.07) is 8.92. The molecule has 1 N–H and O–H groups in total. The van der Waals surface area contributed by atoms with Crippen molar-refractivity contribution in [2.45, 2.75) is 25.8 Å². The number of nitrogens with one attached hydrogen (secondary N) is 1. The molecule has 0 aromatic heterocycles. The lowest BCUT2D eigenvalue weighted by Crippen LogP contribution is -2.28. The van der Waals surface area contributed by atoms with E-state index < -0.39 is 0 Å². The van der Waals surface area contributed by atoms with E-state index in [1.165, 1.54) is 22.9 Å². The predicted molar refractivity (Wildman–Crippen MR) is 79.4 cm³/mol. The summed E-state index contributed by atoms with van der Waals surface area (Å²) in [5.74, 6) is 2.57. The Morgan fingerprint density at radius 1 is 1.28 bits per heavy atom. The van der Waals surface area contributed by atoms with Gasteiger partial charge in [0.05, 0.1) is 0 Å². The van der Waals surface area contributed by atoms with Crippen LogP contribution in [0.2, 0.25) is 0 Å². The maximum Gasteiger partial charge on any atom is 0.0303 e. The first-order valence-corrected chi connectivity index (χ1v) is 7.69. The third-order valence-corrected chi connectivity index (χ3v) is 5.20. The Bertz CT molecular complexity index is 454. The summed E-state index contributed by atoms with van der Waals surface area (Å²) < 4.78 is 1.21. The second-order valence-corrected chi connectivity index (χ2v) is 6.55. The Labute approximate surface area is 118 Å². The molecule has 1 saturated carbocycles. The molecule has 0 spiro atoms. The van der Waals surface area contributed by atoms with Gasteiger partial charge in [0, 0.05) is 10.5 Å². The van der Waals surface area contributed by atoms with Crippen LogP contribution in [0.15, 0.2) is 40.9 Å². The molecule has 96 valence electrons. The lowest BCUT2D eigenvalue weighted by Gasteiger charge is -2.22. The van der Waals surface area contributed by atoms with Gasteiger partial charge in [0.25, 0.3) is 0 Å². The van der Waals surface area contributed by atoms with Crippen LogP contribution in [0.1, 0.15) is 31.4 Å². The summed E-state index contributed by atoms with van der Waals surface area (Å²) in [4.78, 5) is 0. The Balaban J connectivity index is 1.57. The standard InChI is InChI=1S/C16H20BrN/c1-11(15-4-2-3-5-16(15)17)18-10-14-9-12-6-7-13(14)8-12/h2-7,11-14,18H,8-10H2,1H3/t11-,12?,13?,14?/m0/s1. The van der Waals surface area contributed by atoms with Crippen LogP contribution < -0.4 is 5.32 Å². The van der Waals surface area contributed by atoms with Gasteiger partial charge in [-0.3, -0.25) is 0 Å². The quantitative estimate of drug-likeness (QED) is 0.817. The first-order valence-electron chi connectivity index (χ1n) is 6.90. The van der Waals surface area contributed by atoms with Crippen molar-refractivity contribution in [2.24, 2.45) is 17.8 Å². The molecule has 1 nitrogen and oxygen atoms in total. The first-order chi connectivity index (χ1) is 8.74. The average Bonchev–Trinajstić information content (AvgIpc) is 2.98. The summed E-state index contributed by atoms with van der Waals surface area (Å²) in [5.41, 5.74) is 1.36. The fourth-order valence-electron chi connectivity index (χ4n) is 3.39. The SMILES string of the molecule is C[C@H](NCC1CC2C=CC1C2)c1ccccc1Br. The molecule has 2 aliphatic carbocycles. The maximum atomic E-state index is 3.70. The van der Waals surface area contributed by atoms with Crippen LogP contribution in [-0.2, 0) is 0 Å². The highest BCUT2D eigenvalue weighted by Gasteiger charge is 2.35. The highest BCUT2D eigenvalue weighted by molar-refractivity contribution is 9.10. The molecule has 0 aliphatic heterocycles. The minimum Gasteiger partial charge on any atom is -0.310 e. The molecule has 1 aromatic rings. The van der Waals surface area contributed by atoms with E-state index in [2.05, 4.69) is 64.6 Å². The fraction of sp³-hybridized carbons (Fsp3) is 0.500. The monoisotopic (exact) mass is 305 g/mol. The number of halogens is 1. The molecule has 3 rings (SSSR count). The van der Waals surface area contributed by atoms with E-state index in [9.17, 15) is 0 Å². The van der Waals surface area contributed by atoms with Crippen LogP contribution in [0.5, 0.6) is 0 Å². The highest BCUT2D eigenvalue weighted by atomic mass is 79.9. The van der Waals surface area contributed by atoms with Crippen LogP contribution in [0, 0.1) is 17.8 Å². The van der Waals surface area contributed by atoms with E-state index in [1.807, 2.05) is 0 Å². The Kier molecular flexibility index (Phi) is 3.58. The molecule has 0 radical (unpaired) electrons. The molecule has 1 aromatic carbocycles. The zero-order chi connectivity index (χ0) is 12.5. The summed E-state index contributed by atoms with van der Waals surface area (Å²) in [7, 11) is 0. The van der Waals surface area contributed by atoms with Crippen LogP contribution in [0.4, 0.5) is 0 Å². The van der Waals surface area contributed by atoms with Gasteiger partial charge < -0.3 is 5.32 Å². The largest absolute Gasteiger partial charge is 0.310 e. The second kappa shape index (κ2) is 5.18. The van der Waals surface area contributed by atoms with Gasteiger partial charge in [-0.1, -0.05) is 46.3 Å². The normalized spacial score (nSPS) is 30.9. The number of rotatable bonds is 4. The van der Waals surface area contributed by atoms with Crippen molar-refractivity contribution < 1.29 is 0 Å². The first kappa shape index (κ1) is 12.4. The number of hydrogen-bond acceptors (Lipinski definition) is 1. The van der Waals surface area contributed by atoms with Gasteiger partial charge in [-0.15, -0.1) is 0 Å². The molecule has 2 aliphatic rings. The van der Waals surface area contributed by atoms with Crippen LogP contribution >= 0.6 is 15.9 Å². The molecule has 4 atom stereocenters. The number of benzene rings is 1. The molecular formula is C16H20BrN. The zero-order valence-corrected chi connectivity index (χ0v) is 12.4. The van der Waals surface area contributed by atoms with Gasteiger partial charge in [-0.2, -0.15) is 0 Å². The number of hydrogen-bond donors (Lipinski definition) is 1. The molecule has 0 saturated heterocycles. The Morgan fingerprint density at radius 2 is 2.11 bits per heavy atom. The van der Waals surface area contributed by atoms with Crippen LogP contribution in [0.25, 0.3) is 0 Å². The van der Waals surface area contributed by atoms with Crippen molar-refractivity contribution in [1.82, 2.24) is 5.32 Å². The predicted octanol–water partition coefficient (Wildman–Crippen LogP) is 4.31. The maximum absolute atomic E-state index is 3.70. The van der Waals surface area contributed by atoms with Crippen molar-refractivity contribution >= 4 is 15.9 Å². The average molecular weight is 306 g/mol. The molecule has 0 heterocycles. The van der Waals surface area contributed by atoms with E-state index in [-0.39, 0.29) is 0 Å². The van der Waals surface area contributed by atoms with Crippen molar-refractivity contribution in [3.05, 3.63) is 46.5 Å². The van der Waals surface area contributed by atoms with Gasteiger partial charge in [0.15, 0.2) is 0 Å². The van der Waals surface area contributed by atoms with E-state index in [0.717, 1.165) is 24.3 Å².